The van der Waals surface area contributed by atoms with E-state index in [1.807, 2.05) is 6.92 Å². The van der Waals surface area contributed by atoms with E-state index in [1.54, 1.807) is 19.1 Å². The van der Waals surface area contributed by atoms with Gasteiger partial charge in [-0.25, -0.2) is 4.39 Å². The molecule has 0 bridgehead atoms. The Hall–Kier alpha value is -1.42. The first-order valence-corrected chi connectivity index (χ1v) is 5.34. The van der Waals surface area contributed by atoms with Crippen LogP contribution in [0.2, 0.25) is 0 Å². The van der Waals surface area contributed by atoms with Crippen LogP contribution < -0.4 is 11.1 Å². The SMILES string of the molecule is CCC(N)CC(=O)Nc1ccc(C)cc1F. The number of nitrogens with one attached hydrogen (secondary N) is 1. The molecule has 1 rings (SSSR count). The molecule has 0 heterocycles. The monoisotopic (exact) mass is 224 g/mol. The minimum atomic E-state index is -0.418. The lowest BCUT2D eigenvalue weighted by Gasteiger charge is -2.10. The van der Waals surface area contributed by atoms with Crippen molar-refractivity contribution < 1.29 is 9.18 Å². The first-order chi connectivity index (χ1) is 7.52. The molecule has 1 unspecified atom stereocenters. The van der Waals surface area contributed by atoms with Crippen LogP contribution in [0.4, 0.5) is 10.1 Å². The van der Waals surface area contributed by atoms with Crippen LogP contribution >= 0.6 is 0 Å². The highest BCUT2D eigenvalue weighted by Gasteiger charge is 2.10. The summed E-state index contributed by atoms with van der Waals surface area (Å²) in [5.74, 6) is -0.671. The van der Waals surface area contributed by atoms with Crippen LogP contribution in [0, 0.1) is 12.7 Å². The summed E-state index contributed by atoms with van der Waals surface area (Å²) in [5, 5.41) is 2.51. The second-order valence-corrected chi connectivity index (χ2v) is 3.90. The lowest BCUT2D eigenvalue weighted by molar-refractivity contribution is -0.116. The van der Waals surface area contributed by atoms with Gasteiger partial charge in [-0.1, -0.05) is 13.0 Å². The van der Waals surface area contributed by atoms with Crippen molar-refractivity contribution in [2.45, 2.75) is 32.7 Å². The average Bonchev–Trinajstić information content (AvgIpc) is 2.22. The van der Waals surface area contributed by atoms with Gasteiger partial charge in [0.15, 0.2) is 0 Å². The van der Waals surface area contributed by atoms with Crippen LogP contribution in [0.25, 0.3) is 0 Å². The number of benzene rings is 1. The average molecular weight is 224 g/mol. The van der Waals surface area contributed by atoms with Crippen molar-refractivity contribution in [1.82, 2.24) is 0 Å². The standard InChI is InChI=1S/C12H17FN2O/c1-3-9(14)7-12(16)15-11-5-4-8(2)6-10(11)13/h4-6,9H,3,7,14H2,1-2H3,(H,15,16). The Balaban J connectivity index is 2.63. The zero-order chi connectivity index (χ0) is 12.1. The van der Waals surface area contributed by atoms with E-state index in [0.717, 1.165) is 12.0 Å². The first kappa shape index (κ1) is 12.6. The molecule has 0 aliphatic heterocycles. The Kier molecular flexibility index (Phi) is 4.43. The molecule has 1 atom stereocenters. The summed E-state index contributed by atoms with van der Waals surface area (Å²) in [5.41, 5.74) is 6.66. The Labute approximate surface area is 94.8 Å². The summed E-state index contributed by atoms with van der Waals surface area (Å²) in [4.78, 5) is 11.5. The Bertz CT molecular complexity index is 379. The van der Waals surface area contributed by atoms with Crippen LogP contribution in [-0.2, 0) is 4.79 Å². The molecular formula is C12H17FN2O. The lowest BCUT2D eigenvalue weighted by Crippen LogP contribution is -2.26. The molecule has 1 aromatic carbocycles. The fourth-order valence-electron chi connectivity index (χ4n) is 1.31. The van der Waals surface area contributed by atoms with Crippen molar-refractivity contribution >= 4 is 11.6 Å². The number of carbonyl (C=O) groups excluding carboxylic acids is 1. The van der Waals surface area contributed by atoms with E-state index in [4.69, 9.17) is 5.73 Å². The summed E-state index contributed by atoms with van der Waals surface area (Å²) >= 11 is 0. The molecule has 16 heavy (non-hydrogen) atoms. The van der Waals surface area contributed by atoms with Gasteiger partial charge in [-0.2, -0.15) is 0 Å². The Morgan fingerprint density at radius 1 is 1.56 bits per heavy atom. The zero-order valence-electron chi connectivity index (χ0n) is 9.59. The molecule has 0 aromatic heterocycles. The maximum absolute atomic E-state index is 13.4. The third kappa shape index (κ3) is 3.62. The number of halogens is 1. The van der Waals surface area contributed by atoms with Crippen molar-refractivity contribution in [1.29, 1.82) is 0 Å². The van der Waals surface area contributed by atoms with Gasteiger partial charge in [0.25, 0.3) is 0 Å². The minimum Gasteiger partial charge on any atom is -0.327 e. The van der Waals surface area contributed by atoms with Gasteiger partial charge in [-0.3, -0.25) is 4.79 Å². The molecule has 4 heteroatoms. The maximum Gasteiger partial charge on any atom is 0.226 e. The summed E-state index contributed by atoms with van der Waals surface area (Å²) in [6, 6.07) is 4.52. The number of hydrogen-bond acceptors (Lipinski definition) is 2. The van der Waals surface area contributed by atoms with Crippen LogP contribution in [0.3, 0.4) is 0 Å². The van der Waals surface area contributed by atoms with E-state index in [-0.39, 0.29) is 24.1 Å². The van der Waals surface area contributed by atoms with Crippen molar-refractivity contribution in [2.75, 3.05) is 5.32 Å². The van der Waals surface area contributed by atoms with Crippen LogP contribution in [0.5, 0.6) is 0 Å². The van der Waals surface area contributed by atoms with E-state index in [2.05, 4.69) is 5.32 Å². The lowest BCUT2D eigenvalue weighted by atomic mass is 10.1. The number of amides is 1. The topological polar surface area (TPSA) is 55.1 Å². The van der Waals surface area contributed by atoms with E-state index >= 15 is 0 Å². The van der Waals surface area contributed by atoms with Crippen LogP contribution in [0.15, 0.2) is 18.2 Å². The Morgan fingerprint density at radius 3 is 2.81 bits per heavy atom. The van der Waals surface area contributed by atoms with Gasteiger partial charge >= 0.3 is 0 Å². The summed E-state index contributed by atoms with van der Waals surface area (Å²) in [6.45, 7) is 3.70. The molecule has 0 radical (unpaired) electrons. The number of rotatable bonds is 4. The predicted molar refractivity (Wildman–Crippen MR) is 62.7 cm³/mol. The highest BCUT2D eigenvalue weighted by molar-refractivity contribution is 5.91. The maximum atomic E-state index is 13.4. The van der Waals surface area contributed by atoms with Crippen molar-refractivity contribution in [3.63, 3.8) is 0 Å². The summed E-state index contributed by atoms with van der Waals surface area (Å²) < 4.78 is 13.4. The molecule has 1 amide bonds. The largest absolute Gasteiger partial charge is 0.327 e. The first-order valence-electron chi connectivity index (χ1n) is 5.34. The highest BCUT2D eigenvalue weighted by atomic mass is 19.1. The molecule has 3 N–H and O–H groups in total. The number of anilines is 1. The molecule has 3 nitrogen and oxygen atoms in total. The number of nitrogens with two attached hydrogens (primary N) is 1. The van der Waals surface area contributed by atoms with Gasteiger partial charge < -0.3 is 11.1 Å². The number of aryl methyl sites for hydroxylation is 1. The van der Waals surface area contributed by atoms with Crippen molar-refractivity contribution in [2.24, 2.45) is 5.73 Å². The van der Waals surface area contributed by atoms with Crippen LogP contribution in [-0.4, -0.2) is 11.9 Å². The van der Waals surface area contributed by atoms with E-state index < -0.39 is 5.82 Å². The second kappa shape index (κ2) is 5.61. The Morgan fingerprint density at radius 2 is 2.25 bits per heavy atom. The quantitative estimate of drug-likeness (QED) is 0.823. The molecule has 0 saturated heterocycles. The minimum absolute atomic E-state index is 0.173. The molecule has 0 aliphatic carbocycles. The third-order valence-electron chi connectivity index (χ3n) is 2.37. The van der Waals surface area contributed by atoms with Gasteiger partial charge in [0.05, 0.1) is 5.69 Å². The normalized spacial score (nSPS) is 12.2. The van der Waals surface area contributed by atoms with Gasteiger partial charge in [-0.05, 0) is 31.0 Å². The predicted octanol–water partition coefficient (Wildman–Crippen LogP) is 2.20. The smallest absolute Gasteiger partial charge is 0.226 e. The molecule has 88 valence electrons. The zero-order valence-corrected chi connectivity index (χ0v) is 9.59. The fourth-order valence-corrected chi connectivity index (χ4v) is 1.31. The van der Waals surface area contributed by atoms with E-state index in [0.29, 0.717) is 0 Å². The van der Waals surface area contributed by atoms with E-state index in [9.17, 15) is 9.18 Å². The number of carbonyl (C=O) groups is 1. The van der Waals surface area contributed by atoms with Gasteiger partial charge in [0, 0.05) is 12.5 Å². The number of hydrogen-bond donors (Lipinski definition) is 2. The molecule has 0 aliphatic rings. The summed E-state index contributed by atoms with van der Waals surface area (Å²) in [6.07, 6.45) is 0.938. The van der Waals surface area contributed by atoms with Gasteiger partial charge in [0.1, 0.15) is 5.82 Å². The third-order valence-corrected chi connectivity index (χ3v) is 2.37. The summed E-state index contributed by atoms with van der Waals surface area (Å²) in [7, 11) is 0. The molecule has 1 aromatic rings. The molecular weight excluding hydrogens is 207 g/mol. The fraction of sp³-hybridized carbons (Fsp3) is 0.417. The van der Waals surface area contributed by atoms with Crippen molar-refractivity contribution in [3.05, 3.63) is 29.6 Å². The second-order valence-electron chi connectivity index (χ2n) is 3.90. The van der Waals surface area contributed by atoms with Gasteiger partial charge in [-0.15, -0.1) is 0 Å². The van der Waals surface area contributed by atoms with Crippen LogP contribution in [0.1, 0.15) is 25.3 Å². The molecule has 0 spiro atoms. The van der Waals surface area contributed by atoms with Gasteiger partial charge in [0.2, 0.25) is 5.91 Å². The molecule has 0 fully saturated rings. The highest BCUT2D eigenvalue weighted by Crippen LogP contribution is 2.15. The van der Waals surface area contributed by atoms with E-state index in [1.165, 1.54) is 6.07 Å². The molecule has 0 saturated carbocycles. The van der Waals surface area contributed by atoms with Crippen molar-refractivity contribution in [3.8, 4) is 0 Å².